The summed E-state index contributed by atoms with van der Waals surface area (Å²) in [5, 5.41) is 4.30. The number of piperazine rings is 1. The second kappa shape index (κ2) is 10.6. The van der Waals surface area contributed by atoms with Crippen molar-refractivity contribution in [1.82, 2.24) is 14.1 Å². The monoisotopic (exact) mass is 466 g/mol. The summed E-state index contributed by atoms with van der Waals surface area (Å²) < 4.78 is 47.6. The van der Waals surface area contributed by atoms with Crippen molar-refractivity contribution >= 4 is 17.0 Å². The number of alkyl halides is 1. The minimum atomic E-state index is -1.20. The Hall–Kier alpha value is -2.17. The Kier molecular flexibility index (Phi) is 7.64. The molecule has 1 atom stereocenters. The molecule has 2 fully saturated rings. The molecular formula is C22H28F2N4O3S. The summed E-state index contributed by atoms with van der Waals surface area (Å²) in [5.41, 5.74) is 0.517. The van der Waals surface area contributed by atoms with Gasteiger partial charge in [0.05, 0.1) is 37.8 Å². The SMILES string of the molecule is O=c1c(OC2CCCC2)c(N2CCN([S+]([O-])CCCF)CC2)cnn1-c1cccc(F)c1. The predicted molar refractivity (Wildman–Crippen MR) is 120 cm³/mol. The molecule has 1 aromatic heterocycles. The number of benzene rings is 1. The molecule has 32 heavy (non-hydrogen) atoms. The molecule has 0 bridgehead atoms. The van der Waals surface area contributed by atoms with Gasteiger partial charge in [0.2, 0.25) is 5.75 Å². The van der Waals surface area contributed by atoms with Crippen LogP contribution in [-0.2, 0) is 11.4 Å². The highest BCUT2D eigenvalue weighted by molar-refractivity contribution is 7.89. The summed E-state index contributed by atoms with van der Waals surface area (Å²) in [6, 6.07) is 5.74. The largest absolute Gasteiger partial charge is 0.598 e. The Morgan fingerprint density at radius 2 is 1.94 bits per heavy atom. The lowest BCUT2D eigenvalue weighted by Gasteiger charge is -2.36. The van der Waals surface area contributed by atoms with Crippen molar-refractivity contribution in [2.45, 2.75) is 38.2 Å². The maximum absolute atomic E-state index is 13.7. The first-order valence-corrected chi connectivity index (χ1v) is 12.3. The van der Waals surface area contributed by atoms with Crippen molar-refractivity contribution in [2.75, 3.05) is 43.5 Å². The zero-order valence-corrected chi connectivity index (χ0v) is 18.7. The average Bonchev–Trinajstić information content (AvgIpc) is 3.32. The topological polar surface area (TPSA) is 73.7 Å². The molecule has 10 heteroatoms. The molecule has 7 nitrogen and oxygen atoms in total. The van der Waals surface area contributed by atoms with Gasteiger partial charge in [0, 0.05) is 30.9 Å². The van der Waals surface area contributed by atoms with E-state index in [4.69, 9.17) is 4.74 Å². The van der Waals surface area contributed by atoms with Crippen LogP contribution >= 0.6 is 0 Å². The molecule has 1 aliphatic carbocycles. The number of hydrogen-bond acceptors (Lipinski definition) is 6. The van der Waals surface area contributed by atoms with Crippen LogP contribution in [0.4, 0.5) is 14.5 Å². The summed E-state index contributed by atoms with van der Waals surface area (Å²) >= 11 is -1.20. The molecule has 0 amide bonds. The maximum atomic E-state index is 13.7. The Balaban J connectivity index is 1.59. The van der Waals surface area contributed by atoms with Gasteiger partial charge in [0.1, 0.15) is 17.3 Å². The van der Waals surface area contributed by atoms with Crippen LogP contribution in [0.3, 0.4) is 0 Å². The third-order valence-electron chi connectivity index (χ3n) is 5.87. The fourth-order valence-corrected chi connectivity index (χ4v) is 5.35. The molecule has 2 aliphatic rings. The fourth-order valence-electron chi connectivity index (χ4n) is 4.17. The minimum absolute atomic E-state index is 0.0284. The van der Waals surface area contributed by atoms with Crippen LogP contribution in [-0.4, -0.2) is 63.3 Å². The van der Waals surface area contributed by atoms with Gasteiger partial charge in [-0.1, -0.05) is 6.07 Å². The number of ether oxygens (including phenoxy) is 1. The normalized spacial score (nSPS) is 18.8. The maximum Gasteiger partial charge on any atom is 0.316 e. The van der Waals surface area contributed by atoms with Gasteiger partial charge in [-0.3, -0.25) is 9.18 Å². The molecule has 1 saturated heterocycles. The molecule has 1 aromatic carbocycles. The second-order valence-electron chi connectivity index (χ2n) is 8.06. The van der Waals surface area contributed by atoms with Gasteiger partial charge in [0.15, 0.2) is 0 Å². The van der Waals surface area contributed by atoms with Crippen molar-refractivity contribution in [2.24, 2.45) is 0 Å². The molecule has 2 aromatic rings. The lowest BCUT2D eigenvalue weighted by atomic mass is 10.2. The standard InChI is InChI=1S/C22H28F2N4O3S/c23-9-4-14-32(30)27-12-10-26(11-13-27)20-16-25-28(18-6-3-5-17(24)15-18)22(29)21(20)31-19-7-1-2-8-19/h3,5-6,15-16,19H,1-2,4,7-14H2. The van der Waals surface area contributed by atoms with E-state index in [0.29, 0.717) is 43.3 Å². The van der Waals surface area contributed by atoms with Crippen molar-refractivity contribution in [3.8, 4) is 11.4 Å². The summed E-state index contributed by atoms with van der Waals surface area (Å²) in [6.07, 6.45) is 5.75. The molecule has 1 aliphatic heterocycles. The Morgan fingerprint density at radius 3 is 2.62 bits per heavy atom. The minimum Gasteiger partial charge on any atom is -0.598 e. The number of anilines is 1. The first-order chi connectivity index (χ1) is 15.6. The summed E-state index contributed by atoms with van der Waals surface area (Å²) in [6.45, 7) is 1.70. The van der Waals surface area contributed by atoms with E-state index < -0.39 is 29.4 Å². The number of hydrogen-bond donors (Lipinski definition) is 0. The van der Waals surface area contributed by atoms with Gasteiger partial charge in [-0.2, -0.15) is 9.78 Å². The highest BCUT2D eigenvalue weighted by Crippen LogP contribution is 2.30. The smallest absolute Gasteiger partial charge is 0.316 e. The van der Waals surface area contributed by atoms with Crippen LogP contribution in [0, 0.1) is 5.82 Å². The van der Waals surface area contributed by atoms with Crippen molar-refractivity contribution in [3.05, 3.63) is 46.6 Å². The van der Waals surface area contributed by atoms with Gasteiger partial charge in [0.25, 0.3) is 0 Å². The summed E-state index contributed by atoms with van der Waals surface area (Å²) in [5.74, 6) is 0.0937. The van der Waals surface area contributed by atoms with Crippen LogP contribution in [0.1, 0.15) is 32.1 Å². The summed E-state index contributed by atoms with van der Waals surface area (Å²) in [4.78, 5) is 15.4. The van der Waals surface area contributed by atoms with E-state index in [9.17, 15) is 18.1 Å². The first-order valence-electron chi connectivity index (χ1n) is 11.1. The Bertz CT molecular complexity index is 962. The van der Waals surface area contributed by atoms with Gasteiger partial charge in [-0.15, -0.1) is 4.31 Å². The van der Waals surface area contributed by atoms with Crippen molar-refractivity contribution < 1.29 is 18.1 Å². The molecule has 4 rings (SSSR count). The number of halogens is 2. The average molecular weight is 467 g/mol. The molecule has 0 spiro atoms. The third kappa shape index (κ3) is 5.24. The zero-order chi connectivity index (χ0) is 22.5. The van der Waals surface area contributed by atoms with E-state index in [0.717, 1.165) is 25.7 Å². The molecule has 0 N–H and O–H groups in total. The van der Waals surface area contributed by atoms with Gasteiger partial charge < -0.3 is 14.2 Å². The lowest BCUT2D eigenvalue weighted by molar-refractivity contribution is 0.205. The highest BCUT2D eigenvalue weighted by atomic mass is 32.2. The summed E-state index contributed by atoms with van der Waals surface area (Å²) in [7, 11) is 0. The van der Waals surface area contributed by atoms with Crippen LogP contribution in [0.2, 0.25) is 0 Å². The van der Waals surface area contributed by atoms with Gasteiger partial charge >= 0.3 is 5.56 Å². The van der Waals surface area contributed by atoms with E-state index in [1.54, 1.807) is 12.3 Å². The number of nitrogens with zero attached hydrogens (tertiary/aromatic N) is 4. The van der Waals surface area contributed by atoms with E-state index in [-0.39, 0.29) is 18.3 Å². The van der Waals surface area contributed by atoms with E-state index in [1.807, 2.05) is 9.21 Å². The van der Waals surface area contributed by atoms with Crippen LogP contribution in [0.5, 0.6) is 5.75 Å². The van der Waals surface area contributed by atoms with Crippen LogP contribution in [0.15, 0.2) is 35.3 Å². The zero-order valence-electron chi connectivity index (χ0n) is 17.9. The van der Waals surface area contributed by atoms with Crippen LogP contribution in [0.25, 0.3) is 5.69 Å². The fraction of sp³-hybridized carbons (Fsp3) is 0.545. The molecular weight excluding hydrogens is 438 g/mol. The molecule has 0 radical (unpaired) electrons. The first kappa shape index (κ1) is 23.0. The molecule has 1 saturated carbocycles. The second-order valence-corrected chi connectivity index (χ2v) is 9.63. The molecule has 2 heterocycles. The van der Waals surface area contributed by atoms with Gasteiger partial charge in [-0.25, -0.2) is 4.39 Å². The Labute approximate surface area is 189 Å². The van der Waals surface area contributed by atoms with E-state index >= 15 is 0 Å². The third-order valence-corrected chi connectivity index (χ3v) is 7.45. The predicted octanol–water partition coefficient (Wildman–Crippen LogP) is 2.84. The van der Waals surface area contributed by atoms with Crippen molar-refractivity contribution in [1.29, 1.82) is 0 Å². The Morgan fingerprint density at radius 1 is 1.19 bits per heavy atom. The van der Waals surface area contributed by atoms with E-state index in [1.165, 1.54) is 22.9 Å². The van der Waals surface area contributed by atoms with Gasteiger partial charge in [-0.05, 0) is 43.9 Å². The number of aromatic nitrogens is 2. The molecule has 1 unspecified atom stereocenters. The number of rotatable bonds is 8. The van der Waals surface area contributed by atoms with Crippen LogP contribution < -0.4 is 15.2 Å². The van der Waals surface area contributed by atoms with E-state index in [2.05, 4.69) is 5.10 Å². The highest BCUT2D eigenvalue weighted by Gasteiger charge is 2.29. The van der Waals surface area contributed by atoms with Crippen molar-refractivity contribution in [3.63, 3.8) is 0 Å². The lowest BCUT2D eigenvalue weighted by Crippen LogP contribution is -2.49. The molecule has 174 valence electrons. The quantitative estimate of drug-likeness (QED) is 0.557.